The third-order valence-corrected chi connectivity index (χ3v) is 2.59. The molecule has 1 aromatic carbocycles. The van der Waals surface area contributed by atoms with Crippen molar-refractivity contribution >= 4 is 17.9 Å². The van der Waals surface area contributed by atoms with Gasteiger partial charge in [0.05, 0.1) is 16.8 Å². The zero-order valence-corrected chi connectivity index (χ0v) is 10.4. The molecule has 1 heterocycles. The van der Waals surface area contributed by atoms with Crippen molar-refractivity contribution in [3.8, 4) is 0 Å². The lowest BCUT2D eigenvalue weighted by atomic mass is 10.1. The van der Waals surface area contributed by atoms with Crippen molar-refractivity contribution in [3.05, 3.63) is 46.9 Å². The number of benzene rings is 1. The second kappa shape index (κ2) is 5.47. The number of ketones is 1. The number of hydrogen-bond acceptors (Lipinski definition) is 3. The predicted molar refractivity (Wildman–Crippen MR) is 65.3 cm³/mol. The molecule has 0 radical (unpaired) electrons. The van der Waals surface area contributed by atoms with Crippen molar-refractivity contribution < 1.29 is 27.2 Å². The zero-order valence-electron chi connectivity index (χ0n) is 10.4. The van der Waals surface area contributed by atoms with Gasteiger partial charge in [0.25, 0.3) is 5.91 Å². The van der Waals surface area contributed by atoms with Gasteiger partial charge >= 0.3 is 6.18 Å². The molecule has 1 aromatic rings. The summed E-state index contributed by atoms with van der Waals surface area (Å²) in [6, 6.07) is 1.58. The van der Waals surface area contributed by atoms with Gasteiger partial charge in [0.2, 0.25) is 0 Å². The van der Waals surface area contributed by atoms with Crippen LogP contribution >= 0.6 is 0 Å². The Morgan fingerprint density at radius 1 is 1.29 bits per heavy atom. The summed E-state index contributed by atoms with van der Waals surface area (Å²) in [4.78, 5) is 26.5. The molecule has 0 aromatic heterocycles. The Bertz CT molecular complexity index is 663. The van der Waals surface area contributed by atoms with E-state index in [1.54, 1.807) is 0 Å². The highest BCUT2D eigenvalue weighted by Gasteiger charge is 2.31. The first-order valence-corrected chi connectivity index (χ1v) is 5.70. The lowest BCUT2D eigenvalue weighted by Gasteiger charge is -2.11. The zero-order chi connectivity index (χ0) is 15.6. The first kappa shape index (κ1) is 14.9. The van der Waals surface area contributed by atoms with E-state index >= 15 is 0 Å². The molecule has 1 N–H and O–H groups in total. The van der Waals surface area contributed by atoms with Crippen LogP contribution in [0.3, 0.4) is 0 Å². The van der Waals surface area contributed by atoms with Crippen molar-refractivity contribution in [2.75, 3.05) is 6.54 Å². The number of nitrogens with one attached hydrogen (secondary N) is 1. The van der Waals surface area contributed by atoms with Crippen LogP contribution in [0.2, 0.25) is 0 Å². The Hall–Kier alpha value is -2.51. The van der Waals surface area contributed by atoms with Crippen LogP contribution in [-0.4, -0.2) is 24.4 Å². The highest BCUT2D eigenvalue weighted by molar-refractivity contribution is 6.05. The first-order chi connectivity index (χ1) is 9.77. The number of aliphatic imine (C=N–C) groups is 1. The SMILES string of the molecule is O=C1C=C(NC(=O)c2ccc(C(F)(F)F)cc2F)C=NC1. The van der Waals surface area contributed by atoms with E-state index in [4.69, 9.17) is 0 Å². The minimum Gasteiger partial charge on any atom is -0.320 e. The molecular weight excluding hydrogens is 292 g/mol. The van der Waals surface area contributed by atoms with Crippen LogP contribution in [0.4, 0.5) is 17.6 Å². The molecule has 8 heteroatoms. The molecule has 0 fully saturated rings. The van der Waals surface area contributed by atoms with E-state index in [-0.39, 0.29) is 24.1 Å². The molecule has 0 atom stereocenters. The van der Waals surface area contributed by atoms with Crippen molar-refractivity contribution in [2.24, 2.45) is 4.99 Å². The second-order valence-corrected chi connectivity index (χ2v) is 4.18. The number of nitrogens with zero attached hydrogens (tertiary/aromatic N) is 1. The Balaban J connectivity index is 2.20. The largest absolute Gasteiger partial charge is 0.416 e. The summed E-state index contributed by atoms with van der Waals surface area (Å²) in [7, 11) is 0. The van der Waals surface area contributed by atoms with Gasteiger partial charge in [-0.1, -0.05) is 0 Å². The number of carbonyl (C=O) groups excluding carboxylic acids is 2. The molecule has 0 unspecified atom stereocenters. The number of alkyl halides is 3. The van der Waals surface area contributed by atoms with Crippen molar-refractivity contribution in [3.63, 3.8) is 0 Å². The number of hydrogen-bond donors (Lipinski definition) is 1. The van der Waals surface area contributed by atoms with Crippen molar-refractivity contribution in [2.45, 2.75) is 6.18 Å². The van der Waals surface area contributed by atoms with Crippen molar-refractivity contribution in [1.82, 2.24) is 5.32 Å². The highest BCUT2D eigenvalue weighted by atomic mass is 19.4. The molecule has 21 heavy (non-hydrogen) atoms. The molecule has 4 nitrogen and oxygen atoms in total. The Kier molecular flexibility index (Phi) is 3.88. The van der Waals surface area contributed by atoms with E-state index in [9.17, 15) is 27.2 Å². The standard InChI is InChI=1S/C13H8F4N2O2/c14-11-3-7(13(15,16)17)1-2-10(11)12(21)19-8-4-9(20)6-18-5-8/h1-5H,6H2,(H,19,21). The fourth-order valence-electron chi connectivity index (χ4n) is 1.63. The fourth-order valence-corrected chi connectivity index (χ4v) is 1.63. The number of dihydropyridines is 1. The summed E-state index contributed by atoms with van der Waals surface area (Å²) in [5.41, 5.74) is -1.70. The lowest BCUT2D eigenvalue weighted by molar-refractivity contribution is -0.137. The third-order valence-electron chi connectivity index (χ3n) is 2.59. The first-order valence-electron chi connectivity index (χ1n) is 5.70. The van der Waals surface area contributed by atoms with Gasteiger partial charge in [-0.05, 0) is 18.2 Å². The van der Waals surface area contributed by atoms with Crippen molar-refractivity contribution in [1.29, 1.82) is 0 Å². The van der Waals surface area contributed by atoms with E-state index in [0.29, 0.717) is 6.07 Å². The minimum atomic E-state index is -4.69. The molecule has 0 saturated heterocycles. The second-order valence-electron chi connectivity index (χ2n) is 4.18. The van der Waals surface area contributed by atoms with Crippen LogP contribution in [-0.2, 0) is 11.0 Å². The normalized spacial score (nSPS) is 14.9. The van der Waals surface area contributed by atoms with Gasteiger partial charge in [0, 0.05) is 12.3 Å². The van der Waals surface area contributed by atoms with Gasteiger partial charge in [-0.15, -0.1) is 0 Å². The number of halogens is 4. The molecule has 0 saturated carbocycles. The Labute approximate surface area is 116 Å². The third kappa shape index (κ3) is 3.53. The predicted octanol–water partition coefficient (Wildman–Crippen LogP) is 2.11. The monoisotopic (exact) mass is 300 g/mol. The van der Waals surface area contributed by atoms with Crippen LogP contribution in [0.25, 0.3) is 0 Å². The summed E-state index contributed by atoms with van der Waals surface area (Å²) in [6.07, 6.45) is -2.38. The van der Waals surface area contributed by atoms with Crippen LogP contribution in [0.1, 0.15) is 15.9 Å². The molecule has 0 spiro atoms. The molecule has 0 aliphatic carbocycles. The molecule has 1 amide bonds. The minimum absolute atomic E-state index is 0.0476. The number of allylic oxidation sites excluding steroid dienone is 1. The maximum absolute atomic E-state index is 13.6. The maximum Gasteiger partial charge on any atom is 0.416 e. The van der Waals surface area contributed by atoms with Gasteiger partial charge < -0.3 is 5.32 Å². The van der Waals surface area contributed by atoms with Crippen LogP contribution in [0, 0.1) is 5.82 Å². The van der Waals surface area contributed by atoms with E-state index in [2.05, 4.69) is 10.3 Å². The molecule has 110 valence electrons. The molecular formula is C13H8F4N2O2. The van der Waals surface area contributed by atoms with Gasteiger partial charge in [0.1, 0.15) is 12.4 Å². The summed E-state index contributed by atoms with van der Waals surface area (Å²) in [5, 5.41) is 2.20. The fraction of sp³-hybridized carbons (Fsp3) is 0.154. The van der Waals surface area contributed by atoms with E-state index in [1.807, 2.05) is 0 Å². The number of carbonyl (C=O) groups is 2. The molecule has 2 rings (SSSR count). The average Bonchev–Trinajstić information content (AvgIpc) is 2.37. The van der Waals surface area contributed by atoms with E-state index < -0.39 is 29.0 Å². The topological polar surface area (TPSA) is 58.5 Å². The summed E-state index contributed by atoms with van der Waals surface area (Å²) < 4.78 is 50.7. The van der Waals surface area contributed by atoms with E-state index in [1.165, 1.54) is 6.21 Å². The highest BCUT2D eigenvalue weighted by Crippen LogP contribution is 2.30. The van der Waals surface area contributed by atoms with Gasteiger partial charge in [-0.3, -0.25) is 14.6 Å². The van der Waals surface area contributed by atoms with E-state index in [0.717, 1.165) is 12.1 Å². The average molecular weight is 300 g/mol. The van der Waals surface area contributed by atoms with Gasteiger partial charge in [-0.2, -0.15) is 13.2 Å². The smallest absolute Gasteiger partial charge is 0.320 e. The number of rotatable bonds is 2. The summed E-state index contributed by atoms with van der Waals surface area (Å²) in [5.74, 6) is -2.61. The van der Waals surface area contributed by atoms with Crippen LogP contribution in [0.15, 0.2) is 35.0 Å². The molecule has 0 bridgehead atoms. The Morgan fingerprint density at radius 3 is 2.57 bits per heavy atom. The molecule has 1 aliphatic heterocycles. The van der Waals surface area contributed by atoms with Gasteiger partial charge in [0.15, 0.2) is 5.78 Å². The van der Waals surface area contributed by atoms with Crippen LogP contribution < -0.4 is 5.32 Å². The lowest BCUT2D eigenvalue weighted by Crippen LogP contribution is -2.27. The van der Waals surface area contributed by atoms with Gasteiger partial charge in [-0.25, -0.2) is 4.39 Å². The maximum atomic E-state index is 13.6. The summed E-state index contributed by atoms with van der Waals surface area (Å²) in [6.45, 7) is -0.0476. The van der Waals surface area contributed by atoms with Crippen LogP contribution in [0.5, 0.6) is 0 Å². The molecule has 1 aliphatic rings. The number of amides is 1. The Morgan fingerprint density at radius 2 is 2.00 bits per heavy atom. The summed E-state index contributed by atoms with van der Waals surface area (Å²) >= 11 is 0. The quantitative estimate of drug-likeness (QED) is 0.850.